The molecule has 176 valence electrons. The van der Waals surface area contributed by atoms with E-state index in [0.29, 0.717) is 18.2 Å². The number of likely N-dealkylation sites (tertiary alicyclic amines) is 1. The Kier molecular flexibility index (Phi) is 11.7. The first-order valence-electron chi connectivity index (χ1n) is 10.6. The first kappa shape index (κ1) is 26.3. The largest absolute Gasteiger partial charge is 0.439 e. The van der Waals surface area contributed by atoms with Gasteiger partial charge in [-0.1, -0.05) is 12.1 Å². The van der Waals surface area contributed by atoms with Gasteiger partial charge >= 0.3 is 0 Å². The summed E-state index contributed by atoms with van der Waals surface area (Å²) in [5, 5.41) is 3.39. The molecule has 0 spiro atoms. The maximum absolute atomic E-state index is 13.5. The van der Waals surface area contributed by atoms with Crippen molar-refractivity contribution in [1.82, 2.24) is 15.2 Å². The van der Waals surface area contributed by atoms with Gasteiger partial charge in [0.25, 0.3) is 0 Å². The normalized spacial score (nSPS) is 14.7. The number of ether oxygens (including phenoxy) is 3. The lowest BCUT2D eigenvalue weighted by atomic mass is 10.1. The predicted octanol–water partition coefficient (Wildman–Crippen LogP) is 4.22. The van der Waals surface area contributed by atoms with Crippen molar-refractivity contribution in [1.29, 1.82) is 0 Å². The van der Waals surface area contributed by atoms with Crippen LogP contribution in [0.15, 0.2) is 47.6 Å². The highest BCUT2D eigenvalue weighted by molar-refractivity contribution is 14.0. The van der Waals surface area contributed by atoms with Crippen LogP contribution in [-0.4, -0.2) is 62.4 Å². The summed E-state index contributed by atoms with van der Waals surface area (Å²) in [4.78, 5) is 11.0. The Hall–Kier alpha value is -1.98. The highest BCUT2D eigenvalue weighted by Crippen LogP contribution is 2.23. The highest BCUT2D eigenvalue weighted by Gasteiger charge is 2.22. The Bertz CT molecular complexity index is 847. The molecule has 9 heteroatoms. The van der Waals surface area contributed by atoms with E-state index in [-0.39, 0.29) is 35.9 Å². The number of nitrogens with zero attached hydrogens (tertiary/aromatic N) is 3. The molecule has 0 aliphatic carbocycles. The Morgan fingerprint density at radius 3 is 2.75 bits per heavy atom. The average molecular weight is 558 g/mol. The van der Waals surface area contributed by atoms with Gasteiger partial charge in [-0.05, 0) is 37.5 Å². The summed E-state index contributed by atoms with van der Waals surface area (Å²) < 4.78 is 30.3. The molecule has 1 saturated heterocycles. The second-order valence-corrected chi connectivity index (χ2v) is 7.33. The topological polar surface area (TPSA) is 68.2 Å². The van der Waals surface area contributed by atoms with Crippen molar-refractivity contribution >= 4 is 29.9 Å². The molecule has 7 nitrogen and oxygen atoms in total. The molecular weight excluding hydrogens is 526 g/mol. The van der Waals surface area contributed by atoms with Gasteiger partial charge in [-0.3, -0.25) is 4.99 Å². The molecule has 1 aromatic carbocycles. The van der Waals surface area contributed by atoms with Gasteiger partial charge in [0.05, 0.1) is 6.10 Å². The van der Waals surface area contributed by atoms with Crippen LogP contribution < -0.4 is 10.1 Å². The van der Waals surface area contributed by atoms with Crippen molar-refractivity contribution in [2.45, 2.75) is 31.9 Å². The van der Waals surface area contributed by atoms with Gasteiger partial charge in [0.1, 0.15) is 11.6 Å². The van der Waals surface area contributed by atoms with Crippen LogP contribution in [0.3, 0.4) is 0 Å². The van der Waals surface area contributed by atoms with Crippen LogP contribution in [0.5, 0.6) is 11.6 Å². The fourth-order valence-corrected chi connectivity index (χ4v) is 3.49. The Morgan fingerprint density at radius 1 is 1.22 bits per heavy atom. The molecule has 32 heavy (non-hydrogen) atoms. The smallest absolute Gasteiger partial charge is 0.224 e. The van der Waals surface area contributed by atoms with Gasteiger partial charge < -0.3 is 24.4 Å². The van der Waals surface area contributed by atoms with Gasteiger partial charge in [-0.15, -0.1) is 24.0 Å². The molecule has 2 aromatic rings. The van der Waals surface area contributed by atoms with E-state index in [0.717, 1.165) is 57.1 Å². The summed E-state index contributed by atoms with van der Waals surface area (Å²) in [6.07, 6.45) is 4.80. The molecule has 0 atom stereocenters. The van der Waals surface area contributed by atoms with Crippen LogP contribution in [0.25, 0.3) is 0 Å². The van der Waals surface area contributed by atoms with Gasteiger partial charge in [-0.2, -0.15) is 0 Å². The maximum Gasteiger partial charge on any atom is 0.224 e. The van der Waals surface area contributed by atoms with Gasteiger partial charge in [0.15, 0.2) is 5.96 Å². The molecule has 1 N–H and O–H groups in total. The number of methoxy groups -OCH3 is 1. The van der Waals surface area contributed by atoms with E-state index in [4.69, 9.17) is 14.2 Å². The van der Waals surface area contributed by atoms with Crippen LogP contribution in [-0.2, 0) is 16.0 Å². The minimum Gasteiger partial charge on any atom is -0.439 e. The third-order valence-electron chi connectivity index (χ3n) is 5.10. The molecule has 1 aliphatic heterocycles. The summed E-state index contributed by atoms with van der Waals surface area (Å²) in [5.74, 6) is 1.34. The summed E-state index contributed by atoms with van der Waals surface area (Å²) in [6, 6.07) is 9.82. The molecule has 0 radical (unpaired) electrons. The van der Waals surface area contributed by atoms with E-state index >= 15 is 0 Å². The number of piperidine rings is 1. The molecule has 0 amide bonds. The quantitative estimate of drug-likeness (QED) is 0.215. The minimum atomic E-state index is -0.348. The van der Waals surface area contributed by atoms with E-state index in [1.165, 1.54) is 12.1 Å². The summed E-state index contributed by atoms with van der Waals surface area (Å²) in [7, 11) is 3.49. The summed E-state index contributed by atoms with van der Waals surface area (Å²) >= 11 is 0. The molecular formula is C23H32FIN4O3. The SMILES string of the molecule is CN=C(NCc1cccnc1Oc1cccc(F)c1)N1CCC(OCCCOC)CC1.I. The molecule has 3 rings (SSSR count). The lowest BCUT2D eigenvalue weighted by molar-refractivity contribution is 0.00989. The number of aliphatic imine (C=N–C) groups is 1. The van der Waals surface area contributed by atoms with Crippen molar-refractivity contribution in [3.05, 3.63) is 54.0 Å². The monoisotopic (exact) mass is 558 g/mol. The van der Waals surface area contributed by atoms with E-state index in [9.17, 15) is 4.39 Å². The van der Waals surface area contributed by atoms with E-state index in [1.54, 1.807) is 32.5 Å². The van der Waals surface area contributed by atoms with Crippen molar-refractivity contribution in [2.24, 2.45) is 4.99 Å². The Labute approximate surface area is 206 Å². The standard InChI is InChI=1S/C23H31FN4O3.HI/c1-25-23(28-12-9-20(10-13-28)30-15-5-14-29-2)27-17-18-6-4-11-26-22(18)31-21-8-3-7-19(24)16-21;/h3-4,6-8,11,16,20H,5,9-10,12-15,17H2,1-2H3,(H,25,27);1H. The van der Waals surface area contributed by atoms with Crippen LogP contribution >= 0.6 is 24.0 Å². The lowest BCUT2D eigenvalue weighted by Gasteiger charge is -2.34. The van der Waals surface area contributed by atoms with Gasteiger partial charge in [0, 0.05) is 64.8 Å². The van der Waals surface area contributed by atoms with Crippen LogP contribution in [0.4, 0.5) is 4.39 Å². The molecule has 0 bridgehead atoms. The third kappa shape index (κ3) is 8.18. The number of benzene rings is 1. The average Bonchev–Trinajstić information content (AvgIpc) is 2.79. The van der Waals surface area contributed by atoms with E-state index in [1.807, 2.05) is 12.1 Å². The number of rotatable bonds is 9. The molecule has 1 fully saturated rings. The van der Waals surface area contributed by atoms with Crippen LogP contribution in [0.2, 0.25) is 0 Å². The molecule has 0 saturated carbocycles. The van der Waals surface area contributed by atoms with Crippen LogP contribution in [0.1, 0.15) is 24.8 Å². The second-order valence-electron chi connectivity index (χ2n) is 7.33. The van der Waals surface area contributed by atoms with Gasteiger partial charge in [-0.25, -0.2) is 9.37 Å². The zero-order chi connectivity index (χ0) is 21.9. The number of nitrogens with one attached hydrogen (secondary N) is 1. The molecule has 2 heterocycles. The number of halogens is 2. The second kappa shape index (κ2) is 14.2. The zero-order valence-corrected chi connectivity index (χ0v) is 21.0. The first-order valence-corrected chi connectivity index (χ1v) is 10.6. The number of aromatic nitrogens is 1. The molecule has 1 aliphatic rings. The number of hydrogen-bond donors (Lipinski definition) is 1. The summed E-state index contributed by atoms with van der Waals surface area (Å²) in [5.41, 5.74) is 0.865. The molecule has 1 aromatic heterocycles. The minimum absolute atomic E-state index is 0. The number of pyridine rings is 1. The fourth-order valence-electron chi connectivity index (χ4n) is 3.49. The Balaban J connectivity index is 0.00000363. The van der Waals surface area contributed by atoms with Crippen molar-refractivity contribution in [3.63, 3.8) is 0 Å². The first-order chi connectivity index (χ1) is 15.2. The number of guanidine groups is 1. The van der Waals surface area contributed by atoms with Crippen LogP contribution in [0, 0.1) is 5.82 Å². The summed E-state index contributed by atoms with van der Waals surface area (Å²) in [6.45, 7) is 3.73. The van der Waals surface area contributed by atoms with Crippen molar-refractivity contribution in [2.75, 3.05) is 40.5 Å². The molecule has 0 unspecified atom stereocenters. The Morgan fingerprint density at radius 2 is 2.03 bits per heavy atom. The third-order valence-corrected chi connectivity index (χ3v) is 5.10. The van der Waals surface area contributed by atoms with E-state index < -0.39 is 0 Å². The van der Waals surface area contributed by atoms with Crippen molar-refractivity contribution < 1.29 is 18.6 Å². The number of hydrogen-bond acceptors (Lipinski definition) is 5. The zero-order valence-electron chi connectivity index (χ0n) is 18.6. The van der Waals surface area contributed by atoms with Crippen molar-refractivity contribution in [3.8, 4) is 11.6 Å². The fraction of sp³-hybridized carbons (Fsp3) is 0.478. The lowest BCUT2D eigenvalue weighted by Crippen LogP contribution is -2.46. The van der Waals surface area contributed by atoms with Gasteiger partial charge in [0.2, 0.25) is 5.88 Å². The predicted molar refractivity (Wildman–Crippen MR) is 133 cm³/mol. The maximum atomic E-state index is 13.5. The highest BCUT2D eigenvalue weighted by atomic mass is 127. The van der Waals surface area contributed by atoms with E-state index in [2.05, 4.69) is 20.2 Å².